The molecule has 1 aromatic rings. The Morgan fingerprint density at radius 2 is 2.11 bits per heavy atom. The van der Waals surface area contributed by atoms with Gasteiger partial charge >= 0.3 is 0 Å². The molecule has 2 N–H and O–H groups in total. The summed E-state index contributed by atoms with van der Waals surface area (Å²) in [6, 6.07) is 7.96. The van der Waals surface area contributed by atoms with Crippen molar-refractivity contribution in [1.82, 2.24) is 0 Å². The summed E-state index contributed by atoms with van der Waals surface area (Å²) in [6.45, 7) is 3.69. The molecule has 98 valence electrons. The van der Waals surface area contributed by atoms with Gasteiger partial charge in [0.15, 0.2) is 11.5 Å². The lowest BCUT2D eigenvalue weighted by Gasteiger charge is -2.12. The average Bonchev–Trinajstić information content (AvgIpc) is 2.37. The number of nitrogens with zero attached hydrogens (tertiary/aromatic N) is 1. The predicted octanol–water partition coefficient (Wildman–Crippen LogP) is 2.27. The van der Waals surface area contributed by atoms with Gasteiger partial charge in [0, 0.05) is 6.42 Å². The lowest BCUT2D eigenvalue weighted by Crippen LogP contribution is -2.05. The molecule has 0 heterocycles. The van der Waals surface area contributed by atoms with Gasteiger partial charge in [0.2, 0.25) is 0 Å². The highest BCUT2D eigenvalue weighted by Crippen LogP contribution is 2.28. The van der Waals surface area contributed by atoms with Crippen LogP contribution in [0, 0.1) is 11.3 Å². The quantitative estimate of drug-likeness (QED) is 0.716. The fourth-order valence-corrected chi connectivity index (χ4v) is 1.60. The predicted molar refractivity (Wildman–Crippen MR) is 70.7 cm³/mol. The largest absolute Gasteiger partial charge is 0.490 e. The van der Waals surface area contributed by atoms with Crippen LogP contribution in [0.1, 0.15) is 25.3 Å². The fourth-order valence-electron chi connectivity index (χ4n) is 1.60. The van der Waals surface area contributed by atoms with E-state index in [0.29, 0.717) is 26.2 Å². The summed E-state index contributed by atoms with van der Waals surface area (Å²) in [5.41, 5.74) is 6.68. The second-order valence-electron chi connectivity index (χ2n) is 3.86. The number of hydrogen-bond acceptors (Lipinski definition) is 4. The molecular formula is C14H20N2O2. The third-order valence-corrected chi connectivity index (χ3v) is 2.43. The summed E-state index contributed by atoms with van der Waals surface area (Å²) in [6.07, 6.45) is 2.07. The molecule has 0 aliphatic heterocycles. The van der Waals surface area contributed by atoms with Crippen LogP contribution in [-0.2, 0) is 6.42 Å². The second-order valence-corrected chi connectivity index (χ2v) is 3.86. The van der Waals surface area contributed by atoms with Crippen LogP contribution in [0.5, 0.6) is 11.5 Å². The van der Waals surface area contributed by atoms with Crippen LogP contribution in [0.4, 0.5) is 0 Å². The minimum absolute atomic E-state index is 0.509. The zero-order valence-electron chi connectivity index (χ0n) is 10.8. The smallest absolute Gasteiger partial charge is 0.161 e. The van der Waals surface area contributed by atoms with Crippen molar-refractivity contribution >= 4 is 0 Å². The third-order valence-electron chi connectivity index (χ3n) is 2.43. The van der Waals surface area contributed by atoms with Crippen molar-refractivity contribution in [1.29, 1.82) is 5.26 Å². The standard InChI is InChI=1S/C14H20N2O2/c1-2-17-14-11-12(7-9-16)5-6-13(14)18-10-4-3-8-15/h5-6,11H,2-4,7,9-10,16H2,1H3. The van der Waals surface area contributed by atoms with Crippen LogP contribution in [0.15, 0.2) is 18.2 Å². The molecule has 0 aliphatic carbocycles. The van der Waals surface area contributed by atoms with Crippen molar-refractivity contribution < 1.29 is 9.47 Å². The van der Waals surface area contributed by atoms with E-state index in [1.54, 1.807) is 0 Å². The number of hydrogen-bond donors (Lipinski definition) is 1. The van der Waals surface area contributed by atoms with Gasteiger partial charge in [-0.25, -0.2) is 0 Å². The molecule has 0 atom stereocenters. The Balaban J connectivity index is 2.67. The summed E-state index contributed by atoms with van der Waals surface area (Å²) in [4.78, 5) is 0. The lowest BCUT2D eigenvalue weighted by atomic mass is 10.1. The Labute approximate surface area is 108 Å². The van der Waals surface area contributed by atoms with Gasteiger partial charge < -0.3 is 15.2 Å². The zero-order valence-corrected chi connectivity index (χ0v) is 10.8. The minimum Gasteiger partial charge on any atom is -0.490 e. The SMILES string of the molecule is CCOc1cc(CCN)ccc1OCCCC#N. The molecule has 0 radical (unpaired) electrons. The molecule has 18 heavy (non-hydrogen) atoms. The Bertz CT molecular complexity index is 399. The van der Waals surface area contributed by atoms with Crippen LogP contribution in [0.2, 0.25) is 0 Å². The van der Waals surface area contributed by atoms with E-state index < -0.39 is 0 Å². The summed E-state index contributed by atoms with van der Waals surface area (Å²) >= 11 is 0. The van der Waals surface area contributed by atoms with Crippen molar-refractivity contribution in [2.75, 3.05) is 19.8 Å². The Kier molecular flexibility index (Phi) is 6.67. The Morgan fingerprint density at radius 3 is 2.78 bits per heavy atom. The molecule has 0 aliphatic rings. The lowest BCUT2D eigenvalue weighted by molar-refractivity contribution is 0.274. The van der Waals surface area contributed by atoms with Gasteiger partial charge in [-0.05, 0) is 44.0 Å². The summed E-state index contributed by atoms with van der Waals surface area (Å²) in [5, 5.41) is 8.46. The third kappa shape index (κ3) is 4.64. The maximum absolute atomic E-state index is 8.46. The molecule has 1 rings (SSSR count). The number of rotatable bonds is 8. The fraction of sp³-hybridized carbons (Fsp3) is 0.500. The minimum atomic E-state index is 0.509. The molecule has 0 saturated carbocycles. The van der Waals surface area contributed by atoms with E-state index in [2.05, 4.69) is 6.07 Å². The van der Waals surface area contributed by atoms with Gasteiger partial charge in [0.05, 0.1) is 19.3 Å². The molecular weight excluding hydrogens is 228 g/mol. The number of nitrogens with two attached hydrogens (primary N) is 1. The van der Waals surface area contributed by atoms with Gasteiger partial charge in [0.25, 0.3) is 0 Å². The normalized spacial score (nSPS) is 9.83. The maximum atomic E-state index is 8.46. The Hall–Kier alpha value is -1.73. The van der Waals surface area contributed by atoms with Crippen molar-refractivity contribution in [3.8, 4) is 17.6 Å². The van der Waals surface area contributed by atoms with E-state index in [-0.39, 0.29) is 0 Å². The van der Waals surface area contributed by atoms with Gasteiger partial charge in [-0.1, -0.05) is 6.07 Å². The van der Waals surface area contributed by atoms with E-state index in [9.17, 15) is 0 Å². The molecule has 4 nitrogen and oxygen atoms in total. The topological polar surface area (TPSA) is 68.3 Å². The van der Waals surface area contributed by atoms with Crippen molar-refractivity contribution in [3.63, 3.8) is 0 Å². The van der Waals surface area contributed by atoms with Crippen LogP contribution >= 0.6 is 0 Å². The van der Waals surface area contributed by atoms with Gasteiger partial charge in [-0.3, -0.25) is 0 Å². The average molecular weight is 248 g/mol. The molecule has 0 fully saturated rings. The first-order valence-corrected chi connectivity index (χ1v) is 6.27. The highest BCUT2D eigenvalue weighted by molar-refractivity contribution is 5.43. The molecule has 0 amide bonds. The zero-order chi connectivity index (χ0) is 13.2. The molecule has 0 spiro atoms. The number of nitriles is 1. The van der Waals surface area contributed by atoms with Gasteiger partial charge in [-0.15, -0.1) is 0 Å². The Morgan fingerprint density at radius 1 is 1.28 bits per heavy atom. The van der Waals surface area contributed by atoms with E-state index in [4.69, 9.17) is 20.5 Å². The van der Waals surface area contributed by atoms with E-state index in [1.165, 1.54) is 0 Å². The monoisotopic (exact) mass is 248 g/mol. The van der Waals surface area contributed by atoms with Crippen LogP contribution in [0.25, 0.3) is 0 Å². The first kappa shape index (κ1) is 14.3. The maximum Gasteiger partial charge on any atom is 0.161 e. The van der Waals surface area contributed by atoms with E-state index >= 15 is 0 Å². The summed E-state index contributed by atoms with van der Waals surface area (Å²) in [5.74, 6) is 1.48. The molecule has 0 unspecified atom stereocenters. The van der Waals surface area contributed by atoms with Crippen molar-refractivity contribution in [2.45, 2.75) is 26.2 Å². The first-order valence-electron chi connectivity index (χ1n) is 6.27. The molecule has 0 aromatic heterocycles. The van der Waals surface area contributed by atoms with Gasteiger partial charge in [-0.2, -0.15) is 5.26 Å². The second kappa shape index (κ2) is 8.37. The van der Waals surface area contributed by atoms with Gasteiger partial charge in [0.1, 0.15) is 0 Å². The van der Waals surface area contributed by atoms with E-state index in [0.717, 1.165) is 29.9 Å². The number of benzene rings is 1. The number of unbranched alkanes of at least 4 members (excludes halogenated alkanes) is 1. The van der Waals surface area contributed by atoms with E-state index in [1.807, 2.05) is 25.1 Å². The van der Waals surface area contributed by atoms with Crippen molar-refractivity contribution in [3.05, 3.63) is 23.8 Å². The highest BCUT2D eigenvalue weighted by atomic mass is 16.5. The van der Waals surface area contributed by atoms with Crippen LogP contribution in [-0.4, -0.2) is 19.8 Å². The summed E-state index contributed by atoms with van der Waals surface area (Å²) < 4.78 is 11.2. The molecule has 0 saturated heterocycles. The van der Waals surface area contributed by atoms with Crippen molar-refractivity contribution in [2.24, 2.45) is 5.73 Å². The number of ether oxygens (including phenoxy) is 2. The highest BCUT2D eigenvalue weighted by Gasteiger charge is 2.06. The first-order chi connectivity index (χ1) is 8.81. The van der Waals surface area contributed by atoms with Crippen LogP contribution < -0.4 is 15.2 Å². The molecule has 4 heteroatoms. The summed E-state index contributed by atoms with van der Waals surface area (Å²) in [7, 11) is 0. The molecule has 1 aromatic carbocycles. The van der Waals surface area contributed by atoms with Crippen LogP contribution in [0.3, 0.4) is 0 Å². The molecule has 0 bridgehead atoms.